The van der Waals surface area contributed by atoms with Gasteiger partial charge in [-0.2, -0.15) is 0 Å². The maximum atomic E-state index is 12.4. The van der Waals surface area contributed by atoms with E-state index in [1.54, 1.807) is 0 Å². The summed E-state index contributed by atoms with van der Waals surface area (Å²) in [4.78, 5) is 14.3. The van der Waals surface area contributed by atoms with E-state index in [4.69, 9.17) is 4.74 Å². The molecule has 3 rings (SSSR count). The van der Waals surface area contributed by atoms with Gasteiger partial charge < -0.3 is 14.7 Å². The van der Waals surface area contributed by atoms with Crippen molar-refractivity contribution < 1.29 is 14.6 Å². The fourth-order valence-corrected chi connectivity index (χ4v) is 3.92. The molecule has 1 saturated carbocycles. The number of carbonyl (C=O) groups is 1. The molecular weight excluding hydrogens is 242 g/mol. The van der Waals surface area contributed by atoms with Crippen LogP contribution in [-0.2, 0) is 4.74 Å². The van der Waals surface area contributed by atoms with Crippen LogP contribution in [0.3, 0.4) is 0 Å². The average Bonchev–Trinajstić information content (AvgIpc) is 3.00. The Hall–Kier alpha value is -0.770. The van der Waals surface area contributed by atoms with E-state index < -0.39 is 5.60 Å². The van der Waals surface area contributed by atoms with Crippen LogP contribution in [0.25, 0.3) is 0 Å². The van der Waals surface area contributed by atoms with Crippen molar-refractivity contribution >= 4 is 6.09 Å². The minimum absolute atomic E-state index is 0.183. The topological polar surface area (TPSA) is 49.8 Å². The number of aliphatic hydroxyl groups is 1. The number of aliphatic hydroxyl groups excluding tert-OH is 1. The second-order valence-corrected chi connectivity index (χ2v) is 7.40. The third kappa shape index (κ3) is 2.47. The lowest BCUT2D eigenvalue weighted by Gasteiger charge is -2.43. The van der Waals surface area contributed by atoms with E-state index >= 15 is 0 Å². The molecule has 4 nitrogen and oxygen atoms in total. The molecule has 4 heteroatoms. The quantitative estimate of drug-likeness (QED) is 0.794. The van der Waals surface area contributed by atoms with Crippen LogP contribution >= 0.6 is 0 Å². The van der Waals surface area contributed by atoms with Crippen LogP contribution in [0.15, 0.2) is 0 Å². The van der Waals surface area contributed by atoms with Crippen LogP contribution in [0.4, 0.5) is 4.79 Å². The fourth-order valence-electron chi connectivity index (χ4n) is 3.92. The van der Waals surface area contributed by atoms with Crippen molar-refractivity contribution in [2.75, 3.05) is 0 Å². The number of hydrogen-bond donors (Lipinski definition) is 1. The summed E-state index contributed by atoms with van der Waals surface area (Å²) in [6.07, 6.45) is 4.81. The van der Waals surface area contributed by atoms with Gasteiger partial charge in [0.2, 0.25) is 0 Å². The molecule has 0 radical (unpaired) electrons. The molecule has 0 aromatic heterocycles. The van der Waals surface area contributed by atoms with E-state index in [9.17, 15) is 9.90 Å². The SMILES string of the molecule is CC(C)(C)OC(=O)N1C2CCC1C(C1CC1)C(O)C2. The molecule has 3 aliphatic rings. The van der Waals surface area contributed by atoms with Gasteiger partial charge in [0, 0.05) is 18.0 Å². The predicted molar refractivity (Wildman–Crippen MR) is 71.7 cm³/mol. The fraction of sp³-hybridized carbons (Fsp3) is 0.933. The van der Waals surface area contributed by atoms with Crippen molar-refractivity contribution in [1.29, 1.82) is 0 Å². The molecule has 0 spiro atoms. The highest BCUT2D eigenvalue weighted by Crippen LogP contribution is 2.50. The molecule has 1 aliphatic carbocycles. The molecule has 2 bridgehead atoms. The van der Waals surface area contributed by atoms with Crippen LogP contribution < -0.4 is 0 Å². The second kappa shape index (κ2) is 4.37. The highest BCUT2D eigenvalue weighted by Gasteiger charge is 2.54. The molecule has 3 fully saturated rings. The van der Waals surface area contributed by atoms with E-state index in [1.807, 2.05) is 25.7 Å². The van der Waals surface area contributed by atoms with E-state index in [2.05, 4.69) is 0 Å². The Labute approximate surface area is 115 Å². The number of nitrogens with zero attached hydrogens (tertiary/aromatic N) is 1. The standard InChI is InChI=1S/C15H25NO3/c1-15(2,3)19-14(18)16-10-6-7-11(16)13(9-4-5-9)12(17)8-10/h9-13,17H,4-8H2,1-3H3. The molecule has 19 heavy (non-hydrogen) atoms. The van der Waals surface area contributed by atoms with Crippen molar-refractivity contribution in [2.45, 2.75) is 76.7 Å². The van der Waals surface area contributed by atoms with Crippen molar-refractivity contribution in [3.63, 3.8) is 0 Å². The molecule has 2 saturated heterocycles. The smallest absolute Gasteiger partial charge is 0.410 e. The molecule has 2 heterocycles. The van der Waals surface area contributed by atoms with Crippen LogP contribution in [0.1, 0.15) is 52.9 Å². The van der Waals surface area contributed by atoms with Gasteiger partial charge in [0.05, 0.1) is 6.10 Å². The third-order valence-electron chi connectivity index (χ3n) is 4.72. The summed E-state index contributed by atoms with van der Waals surface area (Å²) in [5.41, 5.74) is -0.443. The summed E-state index contributed by atoms with van der Waals surface area (Å²) in [5.74, 6) is 0.912. The highest BCUT2D eigenvalue weighted by atomic mass is 16.6. The largest absolute Gasteiger partial charge is 0.444 e. The van der Waals surface area contributed by atoms with Crippen LogP contribution in [0.2, 0.25) is 0 Å². The number of piperidine rings is 1. The van der Waals surface area contributed by atoms with Gasteiger partial charge in [-0.3, -0.25) is 0 Å². The van der Waals surface area contributed by atoms with Gasteiger partial charge in [0.15, 0.2) is 0 Å². The first kappa shape index (κ1) is 13.2. The zero-order chi connectivity index (χ0) is 13.8. The zero-order valence-corrected chi connectivity index (χ0v) is 12.1. The lowest BCUT2D eigenvalue weighted by molar-refractivity contribution is -0.0433. The molecule has 0 aromatic carbocycles. The molecular formula is C15H25NO3. The molecule has 1 amide bonds. The number of carbonyl (C=O) groups excluding carboxylic acids is 1. The van der Waals surface area contributed by atoms with Crippen molar-refractivity contribution in [3.05, 3.63) is 0 Å². The van der Waals surface area contributed by atoms with Crippen molar-refractivity contribution in [2.24, 2.45) is 11.8 Å². The summed E-state index contributed by atoms with van der Waals surface area (Å²) in [6, 6.07) is 0.390. The third-order valence-corrected chi connectivity index (χ3v) is 4.72. The first-order valence-corrected chi connectivity index (χ1v) is 7.56. The Balaban J connectivity index is 1.76. The maximum absolute atomic E-state index is 12.4. The minimum Gasteiger partial charge on any atom is -0.444 e. The van der Waals surface area contributed by atoms with Gasteiger partial charge in [-0.25, -0.2) is 4.79 Å². The van der Waals surface area contributed by atoms with Gasteiger partial charge in [0.1, 0.15) is 5.60 Å². The van der Waals surface area contributed by atoms with Gasteiger partial charge in [0.25, 0.3) is 0 Å². The number of rotatable bonds is 1. The maximum Gasteiger partial charge on any atom is 0.410 e. The monoisotopic (exact) mass is 267 g/mol. The number of hydrogen-bond acceptors (Lipinski definition) is 3. The number of amides is 1. The summed E-state index contributed by atoms with van der Waals surface area (Å²) in [6.45, 7) is 5.72. The van der Waals surface area contributed by atoms with Gasteiger partial charge >= 0.3 is 6.09 Å². The number of fused-ring (bicyclic) bond motifs is 2. The predicted octanol–water partition coefficient (Wildman–Crippen LogP) is 2.55. The Morgan fingerprint density at radius 2 is 1.89 bits per heavy atom. The van der Waals surface area contributed by atoms with Gasteiger partial charge in [-0.05, 0) is 58.8 Å². The van der Waals surface area contributed by atoms with Crippen LogP contribution in [0, 0.1) is 11.8 Å². The van der Waals surface area contributed by atoms with Crippen LogP contribution in [0.5, 0.6) is 0 Å². The summed E-state index contributed by atoms with van der Waals surface area (Å²) >= 11 is 0. The minimum atomic E-state index is -0.443. The molecule has 108 valence electrons. The van der Waals surface area contributed by atoms with E-state index in [1.165, 1.54) is 12.8 Å². The average molecular weight is 267 g/mol. The second-order valence-electron chi connectivity index (χ2n) is 7.40. The van der Waals surface area contributed by atoms with E-state index in [-0.39, 0.29) is 30.2 Å². The zero-order valence-electron chi connectivity index (χ0n) is 12.1. The Morgan fingerprint density at radius 1 is 1.21 bits per heavy atom. The number of ether oxygens (including phenoxy) is 1. The summed E-state index contributed by atoms with van der Waals surface area (Å²) < 4.78 is 5.55. The van der Waals surface area contributed by atoms with E-state index in [0.29, 0.717) is 5.92 Å². The lowest BCUT2D eigenvalue weighted by atomic mass is 9.84. The van der Waals surface area contributed by atoms with Crippen molar-refractivity contribution in [1.82, 2.24) is 4.90 Å². The Morgan fingerprint density at radius 3 is 2.47 bits per heavy atom. The molecule has 1 N–H and O–H groups in total. The summed E-state index contributed by atoms with van der Waals surface area (Å²) in [7, 11) is 0. The molecule has 4 atom stereocenters. The Bertz CT molecular complexity index is 372. The Kier molecular flexibility index (Phi) is 3.04. The van der Waals surface area contributed by atoms with Crippen molar-refractivity contribution in [3.8, 4) is 0 Å². The first-order chi connectivity index (χ1) is 8.87. The molecule has 0 aromatic rings. The van der Waals surface area contributed by atoms with Crippen LogP contribution in [-0.4, -0.2) is 39.9 Å². The van der Waals surface area contributed by atoms with E-state index in [0.717, 1.165) is 19.3 Å². The van der Waals surface area contributed by atoms with Gasteiger partial charge in [-0.15, -0.1) is 0 Å². The first-order valence-electron chi connectivity index (χ1n) is 7.56. The normalized spacial score (nSPS) is 38.4. The lowest BCUT2D eigenvalue weighted by Crippen LogP contribution is -2.55. The molecule has 2 aliphatic heterocycles. The van der Waals surface area contributed by atoms with Gasteiger partial charge in [-0.1, -0.05) is 0 Å². The highest BCUT2D eigenvalue weighted by molar-refractivity contribution is 5.69. The molecule has 4 unspecified atom stereocenters. The summed E-state index contributed by atoms with van der Waals surface area (Å²) in [5, 5.41) is 10.3.